The molecule has 4 heteroatoms. The summed E-state index contributed by atoms with van der Waals surface area (Å²) in [4.78, 5) is 2.62. The van der Waals surface area contributed by atoms with E-state index >= 15 is 0 Å². The Bertz CT molecular complexity index is 628. The van der Waals surface area contributed by atoms with Gasteiger partial charge in [0.05, 0.1) is 18.3 Å². The summed E-state index contributed by atoms with van der Waals surface area (Å²) < 4.78 is 5.72. The molecular formula is C17H17NOS2. The summed E-state index contributed by atoms with van der Waals surface area (Å²) in [5.74, 6) is 0.901. The SMILES string of the molecule is CCOc1ccccc1NC(c1cccs1)c1cccs1. The highest BCUT2D eigenvalue weighted by Crippen LogP contribution is 2.35. The fourth-order valence-electron chi connectivity index (χ4n) is 2.22. The van der Waals surface area contributed by atoms with E-state index in [4.69, 9.17) is 4.74 Å². The lowest BCUT2D eigenvalue weighted by atomic mass is 10.1. The van der Waals surface area contributed by atoms with Gasteiger partial charge in [-0.1, -0.05) is 24.3 Å². The summed E-state index contributed by atoms with van der Waals surface area (Å²) in [5, 5.41) is 7.87. The molecule has 0 bridgehead atoms. The fraction of sp³-hybridized carbons (Fsp3) is 0.176. The normalized spacial score (nSPS) is 10.8. The van der Waals surface area contributed by atoms with Crippen LogP contribution in [0.5, 0.6) is 5.75 Å². The van der Waals surface area contributed by atoms with Crippen LogP contribution in [0.2, 0.25) is 0 Å². The van der Waals surface area contributed by atoms with Crippen molar-refractivity contribution >= 4 is 28.4 Å². The maximum Gasteiger partial charge on any atom is 0.142 e. The number of hydrogen-bond acceptors (Lipinski definition) is 4. The second-order valence-electron chi connectivity index (χ2n) is 4.54. The summed E-state index contributed by atoms with van der Waals surface area (Å²) in [6, 6.07) is 16.8. The topological polar surface area (TPSA) is 21.3 Å². The van der Waals surface area contributed by atoms with Gasteiger partial charge in [-0.25, -0.2) is 0 Å². The lowest BCUT2D eigenvalue weighted by molar-refractivity contribution is 0.341. The van der Waals surface area contributed by atoms with Crippen molar-refractivity contribution in [2.45, 2.75) is 13.0 Å². The predicted octanol–water partition coefficient (Wildman–Crippen LogP) is 5.41. The van der Waals surface area contributed by atoms with E-state index in [1.165, 1.54) is 9.75 Å². The molecule has 108 valence electrons. The molecule has 0 aliphatic rings. The van der Waals surface area contributed by atoms with Gasteiger partial charge in [0, 0.05) is 9.75 Å². The van der Waals surface area contributed by atoms with Crippen LogP contribution in [0.15, 0.2) is 59.3 Å². The molecular weight excluding hydrogens is 298 g/mol. The standard InChI is InChI=1S/C17H17NOS2/c1-2-19-14-8-4-3-7-13(14)18-17(15-9-5-11-20-15)16-10-6-12-21-16/h3-12,17-18H,2H2,1H3. The number of ether oxygens (including phenoxy) is 1. The van der Waals surface area contributed by atoms with Crippen molar-refractivity contribution in [2.24, 2.45) is 0 Å². The summed E-state index contributed by atoms with van der Waals surface area (Å²) in [6.45, 7) is 2.67. The van der Waals surface area contributed by atoms with Crippen molar-refractivity contribution in [3.05, 3.63) is 69.0 Å². The van der Waals surface area contributed by atoms with Gasteiger partial charge in [0.2, 0.25) is 0 Å². The maximum absolute atomic E-state index is 5.72. The van der Waals surface area contributed by atoms with Crippen LogP contribution in [0.4, 0.5) is 5.69 Å². The Morgan fingerprint density at radius 2 is 1.62 bits per heavy atom. The van der Waals surface area contributed by atoms with Crippen molar-refractivity contribution < 1.29 is 4.74 Å². The maximum atomic E-state index is 5.72. The molecule has 0 aliphatic carbocycles. The van der Waals surface area contributed by atoms with E-state index in [9.17, 15) is 0 Å². The summed E-state index contributed by atoms with van der Waals surface area (Å²) >= 11 is 3.54. The summed E-state index contributed by atoms with van der Waals surface area (Å²) in [5.41, 5.74) is 1.03. The minimum absolute atomic E-state index is 0.173. The van der Waals surface area contributed by atoms with Crippen LogP contribution in [0.3, 0.4) is 0 Å². The first-order valence-electron chi connectivity index (χ1n) is 6.93. The first-order chi connectivity index (χ1) is 10.4. The van der Waals surface area contributed by atoms with Crippen molar-refractivity contribution in [1.82, 2.24) is 0 Å². The molecule has 0 unspecified atom stereocenters. The highest BCUT2D eigenvalue weighted by molar-refractivity contribution is 7.11. The van der Waals surface area contributed by atoms with E-state index in [-0.39, 0.29) is 6.04 Å². The number of anilines is 1. The van der Waals surface area contributed by atoms with Crippen LogP contribution < -0.4 is 10.1 Å². The Hall–Kier alpha value is -1.78. The van der Waals surface area contributed by atoms with Gasteiger partial charge < -0.3 is 10.1 Å². The molecule has 0 spiro atoms. The van der Waals surface area contributed by atoms with Gasteiger partial charge in [-0.05, 0) is 41.9 Å². The molecule has 2 heterocycles. The Labute approximate surface area is 133 Å². The van der Waals surface area contributed by atoms with Gasteiger partial charge in [0.15, 0.2) is 0 Å². The third kappa shape index (κ3) is 3.28. The Kier molecular flexibility index (Phi) is 4.58. The Morgan fingerprint density at radius 1 is 0.952 bits per heavy atom. The molecule has 0 saturated heterocycles. The van der Waals surface area contributed by atoms with E-state index < -0.39 is 0 Å². The monoisotopic (exact) mass is 315 g/mol. The Balaban J connectivity index is 1.92. The van der Waals surface area contributed by atoms with Gasteiger partial charge in [-0.15, -0.1) is 22.7 Å². The number of para-hydroxylation sites is 2. The van der Waals surface area contributed by atoms with Crippen LogP contribution in [-0.2, 0) is 0 Å². The molecule has 3 aromatic rings. The average Bonchev–Trinajstić information content (AvgIpc) is 3.20. The highest BCUT2D eigenvalue weighted by atomic mass is 32.1. The van der Waals surface area contributed by atoms with Crippen molar-refractivity contribution in [2.75, 3.05) is 11.9 Å². The van der Waals surface area contributed by atoms with Crippen molar-refractivity contribution in [3.8, 4) is 5.75 Å². The third-order valence-corrected chi connectivity index (χ3v) is 5.02. The summed E-state index contributed by atoms with van der Waals surface area (Å²) in [6.07, 6.45) is 0. The minimum atomic E-state index is 0.173. The lowest BCUT2D eigenvalue weighted by Gasteiger charge is -2.19. The number of rotatable bonds is 6. The molecule has 1 aromatic carbocycles. The zero-order valence-corrected chi connectivity index (χ0v) is 13.4. The van der Waals surface area contributed by atoms with Gasteiger partial charge in [0.1, 0.15) is 5.75 Å². The lowest BCUT2D eigenvalue weighted by Crippen LogP contribution is -2.10. The zero-order valence-electron chi connectivity index (χ0n) is 11.8. The molecule has 0 aliphatic heterocycles. The number of hydrogen-bond donors (Lipinski definition) is 1. The number of thiophene rings is 2. The van der Waals surface area contributed by atoms with Crippen LogP contribution >= 0.6 is 22.7 Å². The molecule has 2 aromatic heterocycles. The number of nitrogens with one attached hydrogen (secondary N) is 1. The van der Waals surface area contributed by atoms with Gasteiger partial charge >= 0.3 is 0 Å². The molecule has 21 heavy (non-hydrogen) atoms. The molecule has 1 N–H and O–H groups in total. The van der Waals surface area contributed by atoms with Crippen molar-refractivity contribution in [1.29, 1.82) is 0 Å². The molecule has 0 amide bonds. The second kappa shape index (κ2) is 6.78. The van der Waals surface area contributed by atoms with E-state index in [2.05, 4.69) is 46.4 Å². The first kappa shape index (κ1) is 14.2. The Morgan fingerprint density at radius 3 is 2.19 bits per heavy atom. The van der Waals surface area contributed by atoms with Gasteiger partial charge in [0.25, 0.3) is 0 Å². The molecule has 0 saturated carbocycles. The fourth-order valence-corrected chi connectivity index (χ4v) is 3.88. The van der Waals surface area contributed by atoms with Gasteiger partial charge in [-0.3, -0.25) is 0 Å². The van der Waals surface area contributed by atoms with E-state index in [1.807, 2.05) is 25.1 Å². The van der Waals surface area contributed by atoms with Crippen LogP contribution in [0.1, 0.15) is 22.7 Å². The van der Waals surface area contributed by atoms with Crippen LogP contribution in [-0.4, -0.2) is 6.61 Å². The molecule has 0 atom stereocenters. The quantitative estimate of drug-likeness (QED) is 0.656. The van der Waals surface area contributed by atoms with Crippen molar-refractivity contribution in [3.63, 3.8) is 0 Å². The molecule has 3 rings (SSSR count). The highest BCUT2D eigenvalue weighted by Gasteiger charge is 2.17. The van der Waals surface area contributed by atoms with Crippen LogP contribution in [0, 0.1) is 0 Å². The predicted molar refractivity (Wildman–Crippen MR) is 91.7 cm³/mol. The molecule has 0 radical (unpaired) electrons. The van der Waals surface area contributed by atoms with E-state index in [1.54, 1.807) is 22.7 Å². The van der Waals surface area contributed by atoms with E-state index in [0.717, 1.165) is 11.4 Å². The third-order valence-electron chi connectivity index (χ3n) is 3.14. The van der Waals surface area contributed by atoms with Gasteiger partial charge in [-0.2, -0.15) is 0 Å². The molecule has 0 fully saturated rings. The molecule has 2 nitrogen and oxygen atoms in total. The average molecular weight is 315 g/mol. The zero-order chi connectivity index (χ0) is 14.5. The second-order valence-corrected chi connectivity index (χ2v) is 6.50. The smallest absolute Gasteiger partial charge is 0.142 e. The first-order valence-corrected chi connectivity index (χ1v) is 8.69. The summed E-state index contributed by atoms with van der Waals surface area (Å²) in [7, 11) is 0. The minimum Gasteiger partial charge on any atom is -0.492 e. The largest absolute Gasteiger partial charge is 0.492 e. The number of benzene rings is 1. The van der Waals surface area contributed by atoms with E-state index in [0.29, 0.717) is 6.61 Å². The van der Waals surface area contributed by atoms with Crippen LogP contribution in [0.25, 0.3) is 0 Å².